The van der Waals surface area contributed by atoms with E-state index in [4.69, 9.17) is 10.5 Å². The second kappa shape index (κ2) is 8.14. The van der Waals surface area contributed by atoms with E-state index in [0.29, 0.717) is 30.8 Å². The number of nitrogens with two attached hydrogens (primary N) is 1. The summed E-state index contributed by atoms with van der Waals surface area (Å²) in [6, 6.07) is 4.38. The average Bonchev–Trinajstić information content (AvgIpc) is 3.57. The van der Waals surface area contributed by atoms with Crippen molar-refractivity contribution in [3.05, 3.63) is 24.0 Å². The van der Waals surface area contributed by atoms with E-state index in [1.54, 1.807) is 6.07 Å². The largest absolute Gasteiger partial charge is 0.370 e. The van der Waals surface area contributed by atoms with E-state index in [-0.39, 0.29) is 30.7 Å². The Balaban J connectivity index is 1.44. The van der Waals surface area contributed by atoms with Crippen molar-refractivity contribution in [3.63, 3.8) is 0 Å². The van der Waals surface area contributed by atoms with Crippen molar-refractivity contribution in [2.75, 3.05) is 43.1 Å². The van der Waals surface area contributed by atoms with Gasteiger partial charge in [0.25, 0.3) is 5.91 Å². The molecule has 0 unspecified atom stereocenters. The molecule has 8 heteroatoms. The van der Waals surface area contributed by atoms with Crippen molar-refractivity contribution in [1.29, 1.82) is 0 Å². The third-order valence-corrected chi connectivity index (χ3v) is 5.62. The molecule has 28 heavy (non-hydrogen) atoms. The van der Waals surface area contributed by atoms with Crippen LogP contribution in [0.5, 0.6) is 0 Å². The Kier molecular flexibility index (Phi) is 5.61. The number of ether oxygens (including phenoxy) is 1. The highest BCUT2D eigenvalue weighted by molar-refractivity contribution is 5.97. The lowest BCUT2D eigenvalue weighted by Gasteiger charge is -2.30. The number of rotatable bonds is 8. The molecule has 1 heterocycles. The maximum Gasteiger partial charge on any atom is 0.253 e. The molecular weight excluding hydrogens is 363 g/mol. The van der Waals surface area contributed by atoms with E-state index in [9.17, 15) is 14.0 Å². The molecule has 2 aliphatic carbocycles. The minimum atomic E-state index is -0.568. The van der Waals surface area contributed by atoms with Gasteiger partial charge in [-0.15, -0.1) is 0 Å². The maximum atomic E-state index is 14.6. The van der Waals surface area contributed by atoms with Gasteiger partial charge in [0.2, 0.25) is 5.91 Å². The van der Waals surface area contributed by atoms with Crippen LogP contribution in [0.3, 0.4) is 0 Å². The summed E-state index contributed by atoms with van der Waals surface area (Å²) >= 11 is 0. The van der Waals surface area contributed by atoms with Gasteiger partial charge in [-0.2, -0.15) is 0 Å². The summed E-state index contributed by atoms with van der Waals surface area (Å²) in [5, 5.41) is 2.70. The van der Waals surface area contributed by atoms with Gasteiger partial charge in [-0.1, -0.05) is 0 Å². The summed E-state index contributed by atoms with van der Waals surface area (Å²) in [5.41, 5.74) is 6.48. The molecule has 3 N–H and O–H groups in total. The lowest BCUT2D eigenvalue weighted by Crippen LogP contribution is -2.50. The Hall–Kier alpha value is -2.03. The van der Waals surface area contributed by atoms with Crippen LogP contribution in [0.2, 0.25) is 0 Å². The van der Waals surface area contributed by atoms with Crippen molar-refractivity contribution >= 4 is 23.2 Å². The van der Waals surface area contributed by atoms with E-state index in [2.05, 4.69) is 10.2 Å². The number of halogens is 1. The van der Waals surface area contributed by atoms with Gasteiger partial charge in [0, 0.05) is 31.4 Å². The maximum absolute atomic E-state index is 14.6. The zero-order chi connectivity index (χ0) is 19.7. The molecule has 3 fully saturated rings. The SMILES string of the molecule is NC[C@@H](C(=O)Nc1ccc(N2CCOCC2=O)cc1F)N(CC1CC1)C1CC1. The summed E-state index contributed by atoms with van der Waals surface area (Å²) in [6.45, 7) is 1.90. The molecule has 1 aliphatic heterocycles. The number of benzene rings is 1. The van der Waals surface area contributed by atoms with E-state index < -0.39 is 11.9 Å². The van der Waals surface area contributed by atoms with Crippen molar-refractivity contribution in [3.8, 4) is 0 Å². The predicted molar refractivity (Wildman–Crippen MR) is 103 cm³/mol. The second-order valence-corrected chi connectivity index (χ2v) is 7.87. The molecule has 7 nitrogen and oxygen atoms in total. The first-order valence-electron chi connectivity index (χ1n) is 10.0. The van der Waals surface area contributed by atoms with Gasteiger partial charge < -0.3 is 20.7 Å². The molecule has 1 aromatic carbocycles. The van der Waals surface area contributed by atoms with Gasteiger partial charge in [0.1, 0.15) is 18.5 Å². The highest BCUT2D eigenvalue weighted by atomic mass is 19.1. The average molecular weight is 390 g/mol. The second-order valence-electron chi connectivity index (χ2n) is 7.87. The highest BCUT2D eigenvalue weighted by Crippen LogP contribution is 2.36. The number of carbonyl (C=O) groups is 2. The van der Waals surface area contributed by atoms with Gasteiger partial charge in [-0.3, -0.25) is 14.5 Å². The Labute approximate surface area is 164 Å². The first kappa shape index (κ1) is 19.3. The molecular formula is C20H27FN4O3. The number of carbonyl (C=O) groups excluding carboxylic acids is 2. The van der Waals surface area contributed by atoms with Crippen molar-refractivity contribution < 1.29 is 18.7 Å². The molecule has 152 valence electrons. The van der Waals surface area contributed by atoms with Crippen molar-refractivity contribution in [1.82, 2.24) is 4.90 Å². The lowest BCUT2D eigenvalue weighted by molar-refractivity contribution is -0.125. The Morgan fingerprint density at radius 2 is 2.14 bits per heavy atom. The summed E-state index contributed by atoms with van der Waals surface area (Å²) in [4.78, 5) is 28.4. The molecule has 0 bridgehead atoms. The van der Waals surface area contributed by atoms with E-state index in [1.165, 1.54) is 29.9 Å². The predicted octanol–water partition coefficient (Wildman–Crippen LogP) is 1.33. The molecule has 2 saturated carbocycles. The van der Waals surface area contributed by atoms with Crippen LogP contribution in [0.4, 0.5) is 15.8 Å². The zero-order valence-electron chi connectivity index (χ0n) is 15.9. The quantitative estimate of drug-likeness (QED) is 0.699. The molecule has 4 rings (SSSR count). The summed E-state index contributed by atoms with van der Waals surface area (Å²) < 4.78 is 19.7. The van der Waals surface area contributed by atoms with Crippen LogP contribution in [0.1, 0.15) is 25.7 Å². The molecule has 0 radical (unpaired) electrons. The van der Waals surface area contributed by atoms with E-state index in [1.807, 2.05) is 0 Å². The minimum absolute atomic E-state index is 0.00369. The van der Waals surface area contributed by atoms with Crippen LogP contribution < -0.4 is 16.0 Å². The molecule has 0 aromatic heterocycles. The molecule has 3 aliphatic rings. The van der Waals surface area contributed by atoms with Crippen molar-refractivity contribution in [2.45, 2.75) is 37.8 Å². The standard InChI is InChI=1S/C20H27FN4O3/c21-16-9-15(24-7-8-28-12-19(24)26)5-6-17(16)23-20(27)18(10-22)25(14-3-4-14)11-13-1-2-13/h5-6,9,13-14,18H,1-4,7-8,10-12,22H2,(H,23,27)/t18-/m0/s1. The first-order valence-corrected chi connectivity index (χ1v) is 10.0. The Bertz CT molecular complexity index is 751. The fourth-order valence-electron chi connectivity index (χ4n) is 3.71. The fraction of sp³-hybridized carbons (Fsp3) is 0.600. The number of hydrogen-bond donors (Lipinski definition) is 2. The van der Waals surface area contributed by atoms with Crippen LogP contribution in [0, 0.1) is 11.7 Å². The van der Waals surface area contributed by atoms with Gasteiger partial charge in [-0.25, -0.2) is 4.39 Å². The van der Waals surface area contributed by atoms with Crippen LogP contribution >= 0.6 is 0 Å². The van der Waals surface area contributed by atoms with Crippen LogP contribution in [-0.2, 0) is 14.3 Å². The van der Waals surface area contributed by atoms with Crippen LogP contribution in [-0.4, -0.2) is 61.6 Å². The number of nitrogens with one attached hydrogen (secondary N) is 1. The van der Waals surface area contributed by atoms with Gasteiger partial charge >= 0.3 is 0 Å². The van der Waals surface area contributed by atoms with Gasteiger partial charge in [-0.05, 0) is 49.8 Å². The Morgan fingerprint density at radius 3 is 2.75 bits per heavy atom. The smallest absolute Gasteiger partial charge is 0.253 e. The third-order valence-electron chi connectivity index (χ3n) is 5.62. The first-order chi connectivity index (χ1) is 13.6. The van der Waals surface area contributed by atoms with E-state index in [0.717, 1.165) is 19.4 Å². The molecule has 2 amide bonds. The van der Waals surface area contributed by atoms with E-state index >= 15 is 0 Å². The fourth-order valence-corrected chi connectivity index (χ4v) is 3.71. The number of anilines is 2. The van der Waals surface area contributed by atoms with Crippen LogP contribution in [0.25, 0.3) is 0 Å². The summed E-state index contributed by atoms with van der Waals surface area (Å²) in [7, 11) is 0. The summed E-state index contributed by atoms with van der Waals surface area (Å²) in [6.07, 6.45) is 4.59. The zero-order valence-corrected chi connectivity index (χ0v) is 15.9. The number of amides is 2. The number of morpholine rings is 1. The lowest BCUT2D eigenvalue weighted by atomic mass is 10.1. The highest BCUT2D eigenvalue weighted by Gasteiger charge is 2.39. The monoisotopic (exact) mass is 390 g/mol. The number of nitrogens with zero attached hydrogens (tertiary/aromatic N) is 2. The molecule has 1 aromatic rings. The Morgan fingerprint density at radius 1 is 1.36 bits per heavy atom. The van der Waals surface area contributed by atoms with Gasteiger partial charge in [0.15, 0.2) is 0 Å². The normalized spacial score (nSPS) is 21.1. The molecule has 0 spiro atoms. The minimum Gasteiger partial charge on any atom is -0.370 e. The summed E-state index contributed by atoms with van der Waals surface area (Å²) in [5.74, 6) is -0.388. The topological polar surface area (TPSA) is 87.9 Å². The third kappa shape index (κ3) is 4.34. The van der Waals surface area contributed by atoms with Gasteiger partial charge in [0.05, 0.1) is 12.3 Å². The number of hydrogen-bond acceptors (Lipinski definition) is 5. The van der Waals surface area contributed by atoms with Crippen LogP contribution in [0.15, 0.2) is 18.2 Å². The van der Waals surface area contributed by atoms with Crippen molar-refractivity contribution in [2.24, 2.45) is 11.7 Å². The molecule has 1 saturated heterocycles. The molecule has 1 atom stereocenters.